The molecule has 0 spiro atoms. The first-order chi connectivity index (χ1) is 11.0. The van der Waals surface area contributed by atoms with Crippen molar-refractivity contribution in [3.8, 4) is 5.75 Å². The van der Waals surface area contributed by atoms with Gasteiger partial charge in [-0.25, -0.2) is 0 Å². The number of ether oxygens (including phenoxy) is 1. The lowest BCUT2D eigenvalue weighted by molar-refractivity contribution is -0.136. The van der Waals surface area contributed by atoms with Crippen molar-refractivity contribution in [1.29, 1.82) is 0 Å². The number of carboxylic acids is 1. The Bertz CT molecular complexity index is 667. The fourth-order valence-corrected chi connectivity index (χ4v) is 2.14. The molecular formula is C19H23NO3. The van der Waals surface area contributed by atoms with Crippen LogP contribution in [0.4, 0.5) is 0 Å². The van der Waals surface area contributed by atoms with Crippen molar-refractivity contribution in [2.75, 3.05) is 14.2 Å². The average molecular weight is 313 g/mol. The Balaban J connectivity index is 3.35. The molecule has 122 valence electrons. The first kappa shape index (κ1) is 18.4. The second kappa shape index (κ2) is 9.41. The number of carboxylic acid groups (broad SMARTS) is 1. The standard InChI is InChI=1S/C19H23NO3/c1-5-7-15(16-8-6-9-18(11-16)23-4)10-14(2)17(13-20-3)12-19(21)22/h5-11,13H,12H2,1-4H3,(H,21,22)/b7-5-,15-10+,17-14+,20-13?. The van der Waals surface area contributed by atoms with Gasteiger partial charge in [0.1, 0.15) is 5.75 Å². The summed E-state index contributed by atoms with van der Waals surface area (Å²) in [4.78, 5) is 15.0. The quantitative estimate of drug-likeness (QED) is 0.608. The van der Waals surface area contributed by atoms with Gasteiger partial charge in [-0.05, 0) is 48.3 Å². The molecule has 0 radical (unpaired) electrons. The minimum absolute atomic E-state index is 0.0547. The van der Waals surface area contributed by atoms with Crippen molar-refractivity contribution in [3.63, 3.8) is 0 Å². The SMILES string of the molecule is C\C=C/C(=C\C(C)=C(\C=NC)CC(=O)O)c1cccc(OC)c1. The summed E-state index contributed by atoms with van der Waals surface area (Å²) in [5.74, 6) is -0.0953. The number of rotatable bonds is 7. The van der Waals surface area contributed by atoms with Crippen molar-refractivity contribution in [2.24, 2.45) is 4.99 Å². The highest BCUT2D eigenvalue weighted by atomic mass is 16.5. The maximum absolute atomic E-state index is 11.0. The topological polar surface area (TPSA) is 58.9 Å². The molecule has 0 bridgehead atoms. The number of aliphatic carboxylic acids is 1. The van der Waals surface area contributed by atoms with E-state index in [0.717, 1.165) is 22.5 Å². The van der Waals surface area contributed by atoms with Crippen molar-refractivity contribution < 1.29 is 14.6 Å². The molecule has 0 heterocycles. The second-order valence-electron chi connectivity index (χ2n) is 5.00. The molecule has 1 aromatic rings. The van der Waals surface area contributed by atoms with E-state index in [4.69, 9.17) is 9.84 Å². The number of carbonyl (C=O) groups is 1. The predicted octanol–water partition coefficient (Wildman–Crippen LogP) is 4.15. The van der Waals surface area contributed by atoms with Crippen LogP contribution in [0.1, 0.15) is 25.8 Å². The number of hydrogen-bond donors (Lipinski definition) is 1. The number of hydrogen-bond acceptors (Lipinski definition) is 3. The minimum atomic E-state index is -0.874. The van der Waals surface area contributed by atoms with E-state index in [0.29, 0.717) is 5.57 Å². The lowest BCUT2D eigenvalue weighted by atomic mass is 9.99. The maximum Gasteiger partial charge on any atom is 0.307 e. The molecule has 0 aromatic heterocycles. The number of benzene rings is 1. The summed E-state index contributed by atoms with van der Waals surface area (Å²) in [6.45, 7) is 3.84. The third-order valence-corrected chi connectivity index (χ3v) is 3.25. The summed E-state index contributed by atoms with van der Waals surface area (Å²) in [6.07, 6.45) is 7.44. The van der Waals surface area contributed by atoms with E-state index in [1.54, 1.807) is 20.4 Å². The third-order valence-electron chi connectivity index (χ3n) is 3.25. The molecule has 0 aliphatic heterocycles. The van der Waals surface area contributed by atoms with Crippen molar-refractivity contribution in [1.82, 2.24) is 0 Å². The van der Waals surface area contributed by atoms with Gasteiger partial charge in [-0.1, -0.05) is 30.4 Å². The van der Waals surface area contributed by atoms with E-state index in [-0.39, 0.29) is 6.42 Å². The molecule has 23 heavy (non-hydrogen) atoms. The molecular weight excluding hydrogens is 290 g/mol. The Morgan fingerprint density at radius 1 is 1.39 bits per heavy atom. The molecule has 4 nitrogen and oxygen atoms in total. The summed E-state index contributed by atoms with van der Waals surface area (Å²) < 4.78 is 5.26. The molecule has 1 aromatic carbocycles. The van der Waals surface area contributed by atoms with Gasteiger partial charge >= 0.3 is 5.97 Å². The van der Waals surface area contributed by atoms with E-state index in [2.05, 4.69) is 4.99 Å². The van der Waals surface area contributed by atoms with Crippen molar-refractivity contribution in [2.45, 2.75) is 20.3 Å². The molecule has 1 rings (SSSR count). The molecule has 0 amide bonds. The van der Waals surface area contributed by atoms with Gasteiger partial charge < -0.3 is 9.84 Å². The minimum Gasteiger partial charge on any atom is -0.497 e. The Morgan fingerprint density at radius 3 is 2.70 bits per heavy atom. The summed E-state index contributed by atoms with van der Waals surface area (Å²) in [5, 5.41) is 9.04. The highest BCUT2D eigenvalue weighted by molar-refractivity contribution is 5.89. The van der Waals surface area contributed by atoms with Gasteiger partial charge in [0.05, 0.1) is 13.5 Å². The average Bonchev–Trinajstić information content (AvgIpc) is 2.53. The summed E-state index contributed by atoms with van der Waals surface area (Å²) in [5.41, 5.74) is 3.54. The van der Waals surface area contributed by atoms with E-state index < -0.39 is 5.97 Å². The largest absolute Gasteiger partial charge is 0.497 e. The molecule has 0 saturated carbocycles. The zero-order valence-electron chi connectivity index (χ0n) is 14.0. The Hall–Kier alpha value is -2.62. The van der Waals surface area contributed by atoms with E-state index in [1.807, 2.05) is 56.3 Å². The summed E-state index contributed by atoms with van der Waals surface area (Å²) in [7, 11) is 3.26. The van der Waals surface area contributed by atoms with Crippen LogP contribution in [0.25, 0.3) is 5.57 Å². The van der Waals surface area contributed by atoms with E-state index in [9.17, 15) is 4.79 Å². The van der Waals surface area contributed by atoms with Gasteiger partial charge in [-0.15, -0.1) is 0 Å². The number of aliphatic imine (C=N–C) groups is 1. The van der Waals surface area contributed by atoms with Crippen LogP contribution in [-0.2, 0) is 4.79 Å². The molecule has 1 N–H and O–H groups in total. The van der Waals surface area contributed by atoms with Crippen molar-refractivity contribution >= 4 is 17.8 Å². The molecule has 4 heteroatoms. The van der Waals surface area contributed by atoms with Crippen LogP contribution in [0.15, 0.2) is 58.6 Å². The molecule has 0 atom stereocenters. The Morgan fingerprint density at radius 2 is 2.13 bits per heavy atom. The highest BCUT2D eigenvalue weighted by Crippen LogP contribution is 2.23. The van der Waals surface area contributed by atoms with E-state index >= 15 is 0 Å². The molecule has 0 aliphatic carbocycles. The number of methoxy groups -OCH3 is 1. The van der Waals surface area contributed by atoms with Crippen LogP contribution in [0.2, 0.25) is 0 Å². The zero-order chi connectivity index (χ0) is 17.2. The monoisotopic (exact) mass is 313 g/mol. The van der Waals surface area contributed by atoms with E-state index in [1.165, 1.54) is 0 Å². The van der Waals surface area contributed by atoms with Gasteiger partial charge in [0.2, 0.25) is 0 Å². The van der Waals surface area contributed by atoms with Crippen LogP contribution < -0.4 is 4.74 Å². The van der Waals surface area contributed by atoms with Crippen LogP contribution in [0.3, 0.4) is 0 Å². The molecule has 0 saturated heterocycles. The fraction of sp³-hybridized carbons (Fsp3) is 0.263. The molecule has 0 aliphatic rings. The molecule has 0 unspecified atom stereocenters. The molecule has 0 fully saturated rings. The smallest absolute Gasteiger partial charge is 0.307 e. The van der Waals surface area contributed by atoms with Gasteiger partial charge in [-0.3, -0.25) is 9.79 Å². The van der Waals surface area contributed by atoms with Crippen LogP contribution >= 0.6 is 0 Å². The maximum atomic E-state index is 11.0. The van der Waals surface area contributed by atoms with Crippen LogP contribution in [0.5, 0.6) is 5.75 Å². The lowest BCUT2D eigenvalue weighted by Gasteiger charge is -2.08. The predicted molar refractivity (Wildman–Crippen MR) is 95.2 cm³/mol. The highest BCUT2D eigenvalue weighted by Gasteiger charge is 2.06. The number of nitrogens with zero attached hydrogens (tertiary/aromatic N) is 1. The zero-order valence-corrected chi connectivity index (χ0v) is 14.0. The lowest BCUT2D eigenvalue weighted by Crippen LogP contribution is -2.00. The van der Waals surface area contributed by atoms with Crippen LogP contribution in [-0.4, -0.2) is 31.4 Å². The van der Waals surface area contributed by atoms with Gasteiger partial charge in [-0.2, -0.15) is 0 Å². The first-order valence-corrected chi connectivity index (χ1v) is 7.34. The van der Waals surface area contributed by atoms with Gasteiger partial charge in [0.15, 0.2) is 0 Å². The normalized spacial score (nSPS) is 13.5. The third kappa shape index (κ3) is 5.94. The summed E-state index contributed by atoms with van der Waals surface area (Å²) in [6, 6.07) is 7.76. The van der Waals surface area contributed by atoms with Crippen molar-refractivity contribution in [3.05, 3.63) is 59.2 Å². The Kier molecular flexibility index (Phi) is 7.54. The fourth-order valence-electron chi connectivity index (χ4n) is 2.14. The number of allylic oxidation sites excluding steroid dienone is 5. The summed E-state index contributed by atoms with van der Waals surface area (Å²) >= 11 is 0. The van der Waals surface area contributed by atoms with Gasteiger partial charge in [0, 0.05) is 13.3 Å². The second-order valence-corrected chi connectivity index (χ2v) is 5.00. The Labute approximate surface area is 137 Å². The van der Waals surface area contributed by atoms with Crippen LogP contribution in [0, 0.1) is 0 Å². The van der Waals surface area contributed by atoms with Gasteiger partial charge in [0.25, 0.3) is 0 Å². The first-order valence-electron chi connectivity index (χ1n) is 7.34.